The molecule has 1 atom stereocenters. The third kappa shape index (κ3) is 2.39. The fourth-order valence-corrected chi connectivity index (χ4v) is 1.46. The number of hydrogen-bond donors (Lipinski definition) is 2. The quantitative estimate of drug-likeness (QED) is 0.787. The Morgan fingerprint density at radius 3 is 2.62 bits per heavy atom. The number of likely N-dealkylation sites (N-methyl/N-ethyl adjacent to an activating group) is 1. The molecule has 88 valence electrons. The van der Waals surface area contributed by atoms with Gasteiger partial charge in [0.2, 0.25) is 0 Å². The topological polar surface area (TPSA) is 86.3 Å². The van der Waals surface area contributed by atoms with E-state index in [1.54, 1.807) is 19.9 Å². The summed E-state index contributed by atoms with van der Waals surface area (Å²) in [6.45, 7) is 3.50. The van der Waals surface area contributed by atoms with Crippen LogP contribution >= 0.6 is 0 Å². The van der Waals surface area contributed by atoms with Crippen molar-refractivity contribution in [3.63, 3.8) is 0 Å². The number of aryl methyl sites for hydroxylation is 1. The second-order valence-corrected chi connectivity index (χ2v) is 3.61. The molecule has 1 heterocycles. The van der Waals surface area contributed by atoms with Gasteiger partial charge in [0.05, 0.1) is 0 Å². The van der Waals surface area contributed by atoms with Crippen LogP contribution in [0, 0.1) is 6.92 Å². The number of rotatable bonds is 4. The fraction of sp³-hybridized carbons (Fsp3) is 0.500. The van der Waals surface area contributed by atoms with Crippen molar-refractivity contribution in [3.05, 3.63) is 17.5 Å². The van der Waals surface area contributed by atoms with Gasteiger partial charge in [-0.3, -0.25) is 9.89 Å². The molecule has 0 aliphatic rings. The van der Waals surface area contributed by atoms with Gasteiger partial charge in [0.15, 0.2) is 0 Å². The molecule has 1 aromatic rings. The molecule has 1 unspecified atom stereocenters. The molecule has 1 aromatic heterocycles. The minimum absolute atomic E-state index is 0.236. The van der Waals surface area contributed by atoms with E-state index in [4.69, 9.17) is 5.11 Å². The predicted octanol–water partition coefficient (Wildman–Crippen LogP) is 0.653. The van der Waals surface area contributed by atoms with Crippen LogP contribution in [-0.4, -0.2) is 45.2 Å². The van der Waals surface area contributed by atoms with Gasteiger partial charge in [0.25, 0.3) is 5.91 Å². The number of amides is 1. The minimum Gasteiger partial charge on any atom is -0.480 e. The lowest BCUT2D eigenvalue weighted by Gasteiger charge is -2.22. The van der Waals surface area contributed by atoms with Crippen LogP contribution in [0.1, 0.15) is 29.5 Å². The largest absolute Gasteiger partial charge is 0.480 e. The maximum absolute atomic E-state index is 11.8. The summed E-state index contributed by atoms with van der Waals surface area (Å²) in [5, 5.41) is 15.4. The molecule has 16 heavy (non-hydrogen) atoms. The molecule has 0 aliphatic heterocycles. The summed E-state index contributed by atoms with van der Waals surface area (Å²) in [7, 11) is 1.47. The molecule has 6 nitrogen and oxygen atoms in total. The molecular formula is C10H15N3O3. The molecular weight excluding hydrogens is 210 g/mol. The third-order valence-corrected chi connectivity index (χ3v) is 2.38. The van der Waals surface area contributed by atoms with Gasteiger partial charge in [0, 0.05) is 12.7 Å². The zero-order valence-corrected chi connectivity index (χ0v) is 9.52. The molecule has 1 rings (SSSR count). The van der Waals surface area contributed by atoms with Gasteiger partial charge >= 0.3 is 5.97 Å². The molecule has 6 heteroatoms. The van der Waals surface area contributed by atoms with Gasteiger partial charge in [-0.2, -0.15) is 5.10 Å². The van der Waals surface area contributed by atoms with Crippen LogP contribution in [0.3, 0.4) is 0 Å². The summed E-state index contributed by atoms with van der Waals surface area (Å²) >= 11 is 0. The van der Waals surface area contributed by atoms with Crippen LogP contribution in [0.5, 0.6) is 0 Å². The van der Waals surface area contributed by atoms with E-state index in [2.05, 4.69) is 10.2 Å². The van der Waals surface area contributed by atoms with Gasteiger partial charge in [-0.05, 0) is 19.4 Å². The Hall–Kier alpha value is -1.85. The van der Waals surface area contributed by atoms with Crippen molar-refractivity contribution in [3.8, 4) is 0 Å². The second kappa shape index (κ2) is 4.78. The number of carboxylic acids is 1. The molecule has 0 fully saturated rings. The second-order valence-electron chi connectivity index (χ2n) is 3.61. The number of aromatic nitrogens is 2. The number of nitrogens with one attached hydrogen (secondary N) is 1. The summed E-state index contributed by atoms with van der Waals surface area (Å²) in [6, 6.07) is 0.775. The molecule has 2 N–H and O–H groups in total. The highest BCUT2D eigenvalue weighted by molar-refractivity contribution is 5.94. The van der Waals surface area contributed by atoms with E-state index in [0.717, 1.165) is 5.69 Å². The van der Waals surface area contributed by atoms with E-state index < -0.39 is 17.9 Å². The Labute approximate surface area is 93.3 Å². The number of carboxylic acid groups (broad SMARTS) is 1. The monoisotopic (exact) mass is 225 g/mol. The summed E-state index contributed by atoms with van der Waals surface area (Å²) in [4.78, 5) is 23.9. The average Bonchev–Trinajstić information content (AvgIpc) is 2.64. The van der Waals surface area contributed by atoms with Gasteiger partial charge < -0.3 is 10.0 Å². The van der Waals surface area contributed by atoms with Crippen molar-refractivity contribution in [2.45, 2.75) is 26.3 Å². The van der Waals surface area contributed by atoms with Crippen molar-refractivity contribution < 1.29 is 14.7 Å². The molecule has 0 radical (unpaired) electrons. The van der Waals surface area contributed by atoms with Crippen molar-refractivity contribution in [2.75, 3.05) is 7.05 Å². The number of carbonyl (C=O) groups excluding carboxylic acids is 1. The molecule has 1 amide bonds. The Balaban J connectivity index is 2.85. The first-order valence-corrected chi connectivity index (χ1v) is 4.99. The number of hydrogen-bond acceptors (Lipinski definition) is 3. The molecule has 0 saturated heterocycles. The number of aliphatic carboxylic acids is 1. The zero-order chi connectivity index (χ0) is 12.3. The first-order valence-electron chi connectivity index (χ1n) is 4.99. The summed E-state index contributed by atoms with van der Waals surface area (Å²) < 4.78 is 0. The standard InChI is InChI=1S/C10H15N3O3/c1-4-8(10(15)16)13(3)9(14)7-5-6(2)11-12-7/h5,8H,4H2,1-3H3,(H,11,12)(H,15,16). The van der Waals surface area contributed by atoms with Crippen molar-refractivity contribution in [2.24, 2.45) is 0 Å². The number of H-pyrrole nitrogens is 1. The van der Waals surface area contributed by atoms with Crippen LogP contribution in [0.25, 0.3) is 0 Å². The SMILES string of the molecule is CCC(C(=O)O)N(C)C(=O)c1cc(C)[nH]n1. The lowest BCUT2D eigenvalue weighted by atomic mass is 10.2. The molecule has 0 bridgehead atoms. The van der Waals surface area contributed by atoms with Gasteiger partial charge in [-0.25, -0.2) is 4.79 Å². The Morgan fingerprint density at radius 1 is 1.62 bits per heavy atom. The third-order valence-electron chi connectivity index (χ3n) is 2.38. The maximum Gasteiger partial charge on any atom is 0.326 e. The predicted molar refractivity (Wildman–Crippen MR) is 57.1 cm³/mol. The summed E-state index contributed by atoms with van der Waals surface area (Å²) in [6.07, 6.45) is 0.362. The van der Waals surface area contributed by atoms with E-state index >= 15 is 0 Å². The number of aromatic amines is 1. The Kier molecular flexibility index (Phi) is 3.65. The highest BCUT2D eigenvalue weighted by atomic mass is 16.4. The van der Waals surface area contributed by atoms with E-state index in [1.807, 2.05) is 0 Å². The van der Waals surface area contributed by atoms with Crippen molar-refractivity contribution >= 4 is 11.9 Å². The summed E-state index contributed by atoms with van der Waals surface area (Å²) in [5.74, 6) is -1.40. The van der Waals surface area contributed by atoms with Crippen LogP contribution < -0.4 is 0 Å². The van der Waals surface area contributed by atoms with Gasteiger partial charge in [-0.15, -0.1) is 0 Å². The lowest BCUT2D eigenvalue weighted by molar-refractivity contribution is -0.142. The molecule has 0 aliphatic carbocycles. The first-order chi connectivity index (χ1) is 7.47. The number of nitrogens with zero attached hydrogens (tertiary/aromatic N) is 2. The van der Waals surface area contributed by atoms with Crippen LogP contribution in [-0.2, 0) is 4.79 Å². The maximum atomic E-state index is 11.8. The van der Waals surface area contributed by atoms with E-state index in [-0.39, 0.29) is 5.69 Å². The smallest absolute Gasteiger partial charge is 0.326 e. The first kappa shape index (κ1) is 12.2. The minimum atomic E-state index is -1.01. The van der Waals surface area contributed by atoms with Crippen molar-refractivity contribution in [1.82, 2.24) is 15.1 Å². The molecule has 0 saturated carbocycles. The van der Waals surface area contributed by atoms with E-state index in [0.29, 0.717) is 6.42 Å². The lowest BCUT2D eigenvalue weighted by Crippen LogP contribution is -2.42. The number of carbonyl (C=O) groups is 2. The molecule has 0 aromatic carbocycles. The summed E-state index contributed by atoms with van der Waals surface area (Å²) in [5.41, 5.74) is 1.000. The Morgan fingerprint density at radius 2 is 2.25 bits per heavy atom. The van der Waals surface area contributed by atoms with Crippen LogP contribution in [0.2, 0.25) is 0 Å². The van der Waals surface area contributed by atoms with E-state index in [9.17, 15) is 9.59 Å². The highest BCUT2D eigenvalue weighted by Crippen LogP contribution is 2.08. The fourth-order valence-electron chi connectivity index (χ4n) is 1.46. The normalized spacial score (nSPS) is 12.2. The molecule has 0 spiro atoms. The van der Waals surface area contributed by atoms with Gasteiger partial charge in [-0.1, -0.05) is 6.92 Å². The Bertz CT molecular complexity index is 400. The van der Waals surface area contributed by atoms with Crippen LogP contribution in [0.15, 0.2) is 6.07 Å². The van der Waals surface area contributed by atoms with Crippen molar-refractivity contribution in [1.29, 1.82) is 0 Å². The average molecular weight is 225 g/mol. The van der Waals surface area contributed by atoms with Gasteiger partial charge in [0.1, 0.15) is 11.7 Å². The zero-order valence-electron chi connectivity index (χ0n) is 9.52. The van der Waals surface area contributed by atoms with Crippen LogP contribution in [0.4, 0.5) is 0 Å². The van der Waals surface area contributed by atoms with E-state index in [1.165, 1.54) is 11.9 Å². The highest BCUT2D eigenvalue weighted by Gasteiger charge is 2.26.